The molecule has 0 aliphatic heterocycles. The van der Waals surface area contributed by atoms with Crippen molar-refractivity contribution < 1.29 is 19.0 Å². The lowest BCUT2D eigenvalue weighted by atomic mass is 10.1. The predicted octanol–water partition coefficient (Wildman–Crippen LogP) is 2.92. The SMILES string of the molecule is COC(=O)[C@@H](N)Cc1cc(I)c(OC)cc1OCc1ccccc1. The largest absolute Gasteiger partial charge is 0.496 e. The molecule has 2 rings (SSSR count). The van der Waals surface area contributed by atoms with Crippen molar-refractivity contribution in [3.05, 3.63) is 57.2 Å². The predicted molar refractivity (Wildman–Crippen MR) is 100 cm³/mol. The number of rotatable bonds is 7. The molecule has 24 heavy (non-hydrogen) atoms. The minimum atomic E-state index is -0.738. The molecule has 128 valence electrons. The van der Waals surface area contributed by atoms with Gasteiger partial charge in [-0.25, -0.2) is 0 Å². The first-order chi connectivity index (χ1) is 11.5. The molecule has 0 amide bonds. The lowest BCUT2D eigenvalue weighted by Gasteiger charge is -2.16. The van der Waals surface area contributed by atoms with Gasteiger partial charge in [0.25, 0.3) is 0 Å². The van der Waals surface area contributed by atoms with Crippen LogP contribution in [0.15, 0.2) is 42.5 Å². The standard InChI is InChI=1S/C18H20INO4/c1-22-17-10-16(24-11-12-6-4-3-5-7-12)13(8-14(17)19)9-15(20)18(21)23-2/h3-8,10,15H,9,11,20H2,1-2H3/t15-/m0/s1. The maximum atomic E-state index is 11.6. The highest BCUT2D eigenvalue weighted by Gasteiger charge is 2.19. The molecule has 0 aromatic heterocycles. The Labute approximate surface area is 155 Å². The fourth-order valence-electron chi connectivity index (χ4n) is 2.23. The summed E-state index contributed by atoms with van der Waals surface area (Å²) >= 11 is 2.18. The topological polar surface area (TPSA) is 70.8 Å². The van der Waals surface area contributed by atoms with Crippen molar-refractivity contribution in [3.8, 4) is 11.5 Å². The average molecular weight is 441 g/mol. The highest BCUT2D eigenvalue weighted by atomic mass is 127. The number of methoxy groups -OCH3 is 2. The van der Waals surface area contributed by atoms with Crippen LogP contribution < -0.4 is 15.2 Å². The van der Waals surface area contributed by atoms with E-state index >= 15 is 0 Å². The van der Waals surface area contributed by atoms with Crippen LogP contribution in [0.3, 0.4) is 0 Å². The Morgan fingerprint density at radius 3 is 2.50 bits per heavy atom. The smallest absolute Gasteiger partial charge is 0.322 e. The number of carbonyl (C=O) groups is 1. The van der Waals surface area contributed by atoms with E-state index in [0.29, 0.717) is 24.5 Å². The van der Waals surface area contributed by atoms with Gasteiger partial charge in [0.15, 0.2) is 0 Å². The van der Waals surface area contributed by atoms with Crippen LogP contribution in [-0.4, -0.2) is 26.2 Å². The van der Waals surface area contributed by atoms with E-state index < -0.39 is 12.0 Å². The number of benzene rings is 2. The summed E-state index contributed by atoms with van der Waals surface area (Å²) in [5.41, 5.74) is 7.79. The van der Waals surface area contributed by atoms with Crippen LogP contribution in [-0.2, 0) is 22.6 Å². The van der Waals surface area contributed by atoms with Gasteiger partial charge in [-0.3, -0.25) is 4.79 Å². The van der Waals surface area contributed by atoms with Gasteiger partial charge in [0.2, 0.25) is 0 Å². The number of hydrogen-bond donors (Lipinski definition) is 1. The minimum absolute atomic E-state index is 0.330. The van der Waals surface area contributed by atoms with E-state index in [1.807, 2.05) is 42.5 Å². The monoisotopic (exact) mass is 441 g/mol. The van der Waals surface area contributed by atoms with Crippen LogP contribution in [0.2, 0.25) is 0 Å². The maximum absolute atomic E-state index is 11.6. The third-order valence-corrected chi connectivity index (χ3v) is 4.36. The van der Waals surface area contributed by atoms with E-state index in [4.69, 9.17) is 19.9 Å². The van der Waals surface area contributed by atoms with Crippen molar-refractivity contribution in [3.63, 3.8) is 0 Å². The first-order valence-corrected chi connectivity index (χ1v) is 8.49. The molecule has 0 aliphatic rings. The van der Waals surface area contributed by atoms with Crippen molar-refractivity contribution >= 4 is 28.6 Å². The Morgan fingerprint density at radius 2 is 1.88 bits per heavy atom. The van der Waals surface area contributed by atoms with E-state index in [1.165, 1.54) is 7.11 Å². The molecule has 1 atom stereocenters. The highest BCUT2D eigenvalue weighted by molar-refractivity contribution is 14.1. The normalized spacial score (nSPS) is 11.7. The van der Waals surface area contributed by atoms with Crippen molar-refractivity contribution in [2.45, 2.75) is 19.1 Å². The highest BCUT2D eigenvalue weighted by Crippen LogP contribution is 2.31. The van der Waals surface area contributed by atoms with Crippen LogP contribution in [0, 0.1) is 3.57 Å². The molecular formula is C18H20INO4. The molecule has 2 aromatic rings. The summed E-state index contributed by atoms with van der Waals surface area (Å²) in [6.45, 7) is 0.422. The van der Waals surface area contributed by atoms with Gasteiger partial charge in [-0.15, -0.1) is 0 Å². The number of ether oxygens (including phenoxy) is 3. The summed E-state index contributed by atoms with van der Waals surface area (Å²) in [5, 5.41) is 0. The number of halogens is 1. The molecule has 5 nitrogen and oxygen atoms in total. The summed E-state index contributed by atoms with van der Waals surface area (Å²) < 4.78 is 16.9. The maximum Gasteiger partial charge on any atom is 0.322 e. The fourth-order valence-corrected chi connectivity index (χ4v) is 2.99. The molecule has 0 unspecified atom stereocenters. The zero-order valence-corrected chi connectivity index (χ0v) is 15.8. The lowest BCUT2D eigenvalue weighted by Crippen LogP contribution is -2.33. The molecule has 0 saturated heterocycles. The van der Waals surface area contributed by atoms with E-state index in [-0.39, 0.29) is 0 Å². The Morgan fingerprint density at radius 1 is 1.17 bits per heavy atom. The van der Waals surface area contributed by atoms with Gasteiger partial charge in [-0.2, -0.15) is 0 Å². The molecule has 0 spiro atoms. The molecule has 0 bridgehead atoms. The molecule has 0 aliphatic carbocycles. The summed E-state index contributed by atoms with van der Waals surface area (Å²) in [6, 6.07) is 12.9. The van der Waals surface area contributed by atoms with Gasteiger partial charge in [0.05, 0.1) is 17.8 Å². The Kier molecular flexibility index (Phi) is 6.86. The Hall–Kier alpha value is -1.80. The number of carbonyl (C=O) groups excluding carboxylic acids is 1. The number of esters is 1. The van der Waals surface area contributed by atoms with Crippen molar-refractivity contribution in [2.75, 3.05) is 14.2 Å². The number of hydrogen-bond acceptors (Lipinski definition) is 5. The van der Waals surface area contributed by atoms with Crippen LogP contribution in [0.25, 0.3) is 0 Å². The van der Waals surface area contributed by atoms with Gasteiger partial charge in [-0.1, -0.05) is 30.3 Å². The fraction of sp³-hybridized carbons (Fsp3) is 0.278. The van der Waals surface area contributed by atoms with E-state index in [2.05, 4.69) is 22.6 Å². The average Bonchev–Trinajstić information content (AvgIpc) is 2.61. The third-order valence-electron chi connectivity index (χ3n) is 3.52. The molecule has 2 N–H and O–H groups in total. The second-order valence-corrected chi connectivity index (χ2v) is 6.36. The van der Waals surface area contributed by atoms with Crippen LogP contribution in [0.4, 0.5) is 0 Å². The minimum Gasteiger partial charge on any atom is -0.496 e. The third kappa shape index (κ3) is 4.85. The molecule has 0 fully saturated rings. The summed E-state index contributed by atoms with van der Waals surface area (Å²) in [7, 11) is 2.94. The van der Waals surface area contributed by atoms with Crippen LogP contribution in [0.1, 0.15) is 11.1 Å². The number of nitrogens with two attached hydrogens (primary N) is 1. The summed E-state index contributed by atoms with van der Waals surface area (Å²) in [4.78, 5) is 11.6. The summed E-state index contributed by atoms with van der Waals surface area (Å²) in [5.74, 6) is 0.916. The van der Waals surface area contributed by atoms with Crippen molar-refractivity contribution in [1.29, 1.82) is 0 Å². The molecule has 0 radical (unpaired) electrons. The second-order valence-electron chi connectivity index (χ2n) is 5.20. The zero-order valence-electron chi connectivity index (χ0n) is 13.6. The van der Waals surface area contributed by atoms with Crippen molar-refractivity contribution in [2.24, 2.45) is 5.73 Å². The van der Waals surface area contributed by atoms with Gasteiger partial charge in [0, 0.05) is 12.5 Å². The Bertz CT molecular complexity index is 691. The molecule has 2 aromatic carbocycles. The molecule has 6 heteroatoms. The van der Waals surface area contributed by atoms with Gasteiger partial charge >= 0.3 is 5.97 Å². The quantitative estimate of drug-likeness (QED) is 0.529. The van der Waals surface area contributed by atoms with E-state index in [1.54, 1.807) is 7.11 Å². The molecular weight excluding hydrogens is 421 g/mol. The van der Waals surface area contributed by atoms with Crippen molar-refractivity contribution in [1.82, 2.24) is 0 Å². The van der Waals surface area contributed by atoms with Gasteiger partial charge in [-0.05, 0) is 39.8 Å². The van der Waals surface area contributed by atoms with Gasteiger partial charge in [0.1, 0.15) is 24.1 Å². The Balaban J connectivity index is 2.24. The van der Waals surface area contributed by atoms with E-state index in [0.717, 1.165) is 14.7 Å². The molecule has 0 saturated carbocycles. The van der Waals surface area contributed by atoms with Gasteiger partial charge < -0.3 is 19.9 Å². The first-order valence-electron chi connectivity index (χ1n) is 7.41. The van der Waals surface area contributed by atoms with Crippen LogP contribution >= 0.6 is 22.6 Å². The van der Waals surface area contributed by atoms with Crippen LogP contribution in [0.5, 0.6) is 11.5 Å². The first kappa shape index (κ1) is 18.5. The summed E-state index contributed by atoms with van der Waals surface area (Å²) in [6.07, 6.45) is 0.330. The van der Waals surface area contributed by atoms with E-state index in [9.17, 15) is 4.79 Å². The lowest BCUT2D eigenvalue weighted by molar-refractivity contribution is -0.142. The zero-order chi connectivity index (χ0) is 17.5. The molecule has 0 heterocycles. The second kappa shape index (κ2) is 8.89.